The Morgan fingerprint density at radius 3 is 2.33 bits per heavy atom. The van der Waals surface area contributed by atoms with Crippen LogP contribution < -0.4 is 5.32 Å². The zero-order valence-electron chi connectivity index (χ0n) is 13.1. The van der Waals surface area contributed by atoms with Gasteiger partial charge in [-0.15, -0.1) is 0 Å². The van der Waals surface area contributed by atoms with Gasteiger partial charge in [0.05, 0.1) is 11.3 Å². The Balaban J connectivity index is 2.10. The number of hydrogen-bond acceptors (Lipinski definition) is 3. The van der Waals surface area contributed by atoms with Crippen LogP contribution in [0.4, 0.5) is 10.1 Å². The van der Waals surface area contributed by atoms with Crippen molar-refractivity contribution in [1.82, 2.24) is 4.31 Å². The number of hydrogen-bond donors (Lipinski definition) is 1. The molecule has 0 saturated heterocycles. The van der Waals surface area contributed by atoms with E-state index in [1.54, 1.807) is 0 Å². The summed E-state index contributed by atoms with van der Waals surface area (Å²) < 4.78 is 38.7. The third kappa shape index (κ3) is 4.11. The van der Waals surface area contributed by atoms with Crippen molar-refractivity contribution in [3.05, 3.63) is 58.9 Å². The summed E-state index contributed by atoms with van der Waals surface area (Å²) in [6.07, 6.45) is -0.219. The SMILES string of the molecule is CN(C)S(=O)(=O)c1ccc(NC(=O)Cc2c(F)cccc2Cl)cc1. The van der Waals surface area contributed by atoms with Crippen LogP contribution in [0.2, 0.25) is 5.02 Å². The number of nitrogens with zero attached hydrogens (tertiary/aromatic N) is 1. The number of carbonyl (C=O) groups excluding carboxylic acids is 1. The molecule has 0 saturated carbocycles. The van der Waals surface area contributed by atoms with Crippen LogP contribution >= 0.6 is 11.6 Å². The molecule has 2 rings (SSSR count). The maximum absolute atomic E-state index is 13.7. The number of rotatable bonds is 5. The molecule has 0 atom stereocenters. The van der Waals surface area contributed by atoms with Crippen LogP contribution in [-0.4, -0.2) is 32.7 Å². The smallest absolute Gasteiger partial charge is 0.242 e. The fraction of sp³-hybridized carbons (Fsp3) is 0.188. The van der Waals surface area contributed by atoms with Gasteiger partial charge in [0.25, 0.3) is 0 Å². The largest absolute Gasteiger partial charge is 0.326 e. The van der Waals surface area contributed by atoms with Crippen LogP contribution in [0.5, 0.6) is 0 Å². The minimum Gasteiger partial charge on any atom is -0.326 e. The van der Waals surface area contributed by atoms with Gasteiger partial charge in [-0.3, -0.25) is 4.79 Å². The van der Waals surface area contributed by atoms with Crippen molar-refractivity contribution in [2.24, 2.45) is 0 Å². The van der Waals surface area contributed by atoms with Gasteiger partial charge in [0, 0.05) is 30.4 Å². The first kappa shape index (κ1) is 18.4. The highest BCUT2D eigenvalue weighted by Crippen LogP contribution is 2.21. The molecule has 1 N–H and O–H groups in total. The molecule has 24 heavy (non-hydrogen) atoms. The van der Waals surface area contributed by atoms with Crippen molar-refractivity contribution >= 4 is 33.2 Å². The first-order chi connectivity index (χ1) is 11.2. The van der Waals surface area contributed by atoms with E-state index in [2.05, 4.69) is 5.32 Å². The zero-order chi connectivity index (χ0) is 17.9. The molecule has 0 aliphatic heterocycles. The van der Waals surface area contributed by atoms with Crippen LogP contribution in [0.25, 0.3) is 0 Å². The van der Waals surface area contributed by atoms with Crippen LogP contribution in [0.15, 0.2) is 47.4 Å². The highest BCUT2D eigenvalue weighted by atomic mass is 35.5. The molecule has 0 heterocycles. The molecule has 2 aromatic carbocycles. The predicted octanol–water partition coefficient (Wildman–Crippen LogP) is 2.91. The molecule has 0 bridgehead atoms. The third-order valence-electron chi connectivity index (χ3n) is 3.32. The Morgan fingerprint density at radius 1 is 1.17 bits per heavy atom. The number of nitrogens with one attached hydrogen (secondary N) is 1. The lowest BCUT2D eigenvalue weighted by Gasteiger charge is -2.12. The summed E-state index contributed by atoms with van der Waals surface area (Å²) in [7, 11) is -0.661. The van der Waals surface area contributed by atoms with E-state index in [0.29, 0.717) is 5.69 Å². The summed E-state index contributed by atoms with van der Waals surface area (Å²) in [5.74, 6) is -1.00. The minimum absolute atomic E-state index is 0.114. The van der Waals surface area contributed by atoms with Crippen molar-refractivity contribution in [2.45, 2.75) is 11.3 Å². The number of halogens is 2. The van der Waals surface area contributed by atoms with Crippen LogP contribution in [-0.2, 0) is 21.2 Å². The summed E-state index contributed by atoms with van der Waals surface area (Å²) >= 11 is 5.89. The molecule has 0 aliphatic carbocycles. The van der Waals surface area contributed by atoms with Gasteiger partial charge < -0.3 is 5.32 Å². The van der Waals surface area contributed by atoms with E-state index in [9.17, 15) is 17.6 Å². The van der Waals surface area contributed by atoms with Gasteiger partial charge >= 0.3 is 0 Å². The van der Waals surface area contributed by atoms with Crippen molar-refractivity contribution in [2.75, 3.05) is 19.4 Å². The molecule has 0 aliphatic rings. The van der Waals surface area contributed by atoms with E-state index in [-0.39, 0.29) is 21.9 Å². The van der Waals surface area contributed by atoms with Gasteiger partial charge in [0.15, 0.2) is 0 Å². The number of carbonyl (C=O) groups is 1. The fourth-order valence-corrected chi connectivity index (χ4v) is 3.12. The van der Waals surface area contributed by atoms with E-state index in [1.165, 1.54) is 56.6 Å². The monoisotopic (exact) mass is 370 g/mol. The standard InChI is InChI=1S/C16H16ClFN2O3S/c1-20(2)24(22,23)12-8-6-11(7-9-12)19-16(21)10-13-14(17)4-3-5-15(13)18/h3-9H,10H2,1-2H3,(H,19,21). The Bertz CT molecular complexity index is 832. The summed E-state index contributed by atoms with van der Waals surface area (Å²) in [6, 6.07) is 9.92. The molecule has 0 unspecified atom stereocenters. The average Bonchev–Trinajstić information content (AvgIpc) is 2.51. The first-order valence-electron chi connectivity index (χ1n) is 6.97. The molecule has 8 heteroatoms. The van der Waals surface area contributed by atoms with Gasteiger partial charge in [-0.2, -0.15) is 0 Å². The number of amides is 1. The van der Waals surface area contributed by atoms with Gasteiger partial charge in [0.2, 0.25) is 15.9 Å². The molecule has 5 nitrogen and oxygen atoms in total. The van der Waals surface area contributed by atoms with Crippen LogP contribution in [0.1, 0.15) is 5.56 Å². The highest BCUT2D eigenvalue weighted by Gasteiger charge is 2.17. The van der Waals surface area contributed by atoms with Gasteiger partial charge in [-0.05, 0) is 36.4 Å². The quantitative estimate of drug-likeness (QED) is 0.880. The molecule has 1 amide bonds. The number of benzene rings is 2. The summed E-state index contributed by atoms with van der Waals surface area (Å²) in [4.78, 5) is 12.1. The summed E-state index contributed by atoms with van der Waals surface area (Å²) in [6.45, 7) is 0. The molecule has 0 spiro atoms. The Labute approximate surface area is 145 Å². The number of sulfonamides is 1. The molecule has 0 aromatic heterocycles. The molecular weight excluding hydrogens is 355 g/mol. The second-order valence-electron chi connectivity index (χ2n) is 5.24. The van der Waals surface area contributed by atoms with Crippen LogP contribution in [0.3, 0.4) is 0 Å². The van der Waals surface area contributed by atoms with Crippen molar-refractivity contribution in [3.63, 3.8) is 0 Å². The second-order valence-corrected chi connectivity index (χ2v) is 7.80. The van der Waals surface area contributed by atoms with E-state index in [1.807, 2.05) is 0 Å². The topological polar surface area (TPSA) is 66.5 Å². The predicted molar refractivity (Wildman–Crippen MR) is 91.1 cm³/mol. The maximum atomic E-state index is 13.7. The molecular formula is C16H16ClFN2O3S. The molecule has 0 radical (unpaired) electrons. The van der Waals surface area contributed by atoms with Gasteiger partial charge in [-0.1, -0.05) is 17.7 Å². The van der Waals surface area contributed by atoms with Gasteiger partial charge in [-0.25, -0.2) is 17.1 Å². The zero-order valence-corrected chi connectivity index (χ0v) is 14.7. The van der Waals surface area contributed by atoms with Crippen molar-refractivity contribution in [1.29, 1.82) is 0 Å². The second kappa shape index (κ2) is 7.29. The Hall–Kier alpha value is -1.96. The van der Waals surface area contributed by atoms with Crippen molar-refractivity contribution < 1.29 is 17.6 Å². The molecule has 2 aromatic rings. The van der Waals surface area contributed by atoms with E-state index in [4.69, 9.17) is 11.6 Å². The molecule has 128 valence electrons. The minimum atomic E-state index is -3.53. The van der Waals surface area contributed by atoms with E-state index < -0.39 is 21.7 Å². The average molecular weight is 371 g/mol. The Morgan fingerprint density at radius 2 is 1.79 bits per heavy atom. The normalized spacial score (nSPS) is 11.5. The lowest BCUT2D eigenvalue weighted by Crippen LogP contribution is -2.22. The lowest BCUT2D eigenvalue weighted by molar-refractivity contribution is -0.115. The van der Waals surface area contributed by atoms with Crippen LogP contribution in [0, 0.1) is 5.82 Å². The Kier molecular flexibility index (Phi) is 5.58. The van der Waals surface area contributed by atoms with Gasteiger partial charge in [0.1, 0.15) is 5.82 Å². The molecule has 0 fully saturated rings. The highest BCUT2D eigenvalue weighted by molar-refractivity contribution is 7.89. The summed E-state index contributed by atoms with van der Waals surface area (Å²) in [5, 5.41) is 2.76. The van der Waals surface area contributed by atoms with E-state index >= 15 is 0 Å². The number of anilines is 1. The third-order valence-corrected chi connectivity index (χ3v) is 5.50. The first-order valence-corrected chi connectivity index (χ1v) is 8.79. The summed E-state index contributed by atoms with van der Waals surface area (Å²) in [5.41, 5.74) is 0.522. The maximum Gasteiger partial charge on any atom is 0.242 e. The lowest BCUT2D eigenvalue weighted by atomic mass is 10.1. The fourth-order valence-electron chi connectivity index (χ4n) is 1.99. The van der Waals surface area contributed by atoms with E-state index in [0.717, 1.165) is 4.31 Å². The van der Waals surface area contributed by atoms with Crippen molar-refractivity contribution in [3.8, 4) is 0 Å².